The second-order valence-corrected chi connectivity index (χ2v) is 5.95. The van der Waals surface area contributed by atoms with Crippen LogP contribution in [0.3, 0.4) is 0 Å². The van der Waals surface area contributed by atoms with Crippen molar-refractivity contribution in [2.45, 2.75) is 6.17 Å². The van der Waals surface area contributed by atoms with E-state index in [1.807, 2.05) is 0 Å². The monoisotopic (exact) mass is 362 g/mol. The van der Waals surface area contributed by atoms with Crippen molar-refractivity contribution in [2.24, 2.45) is 4.99 Å². The maximum atomic E-state index is 14.4. The number of benzodiazepines with no additional fused rings is 1. The number of aromatic amines is 1. The standard InChI is InChI=1S/C20H15FN4O2/c21-14-8-3-1-6-12(14)17-13-7-2-4-9-15(13)23-20(27)18(24-17)25-19(26)16-10-5-11-22-16/h1-11,18,22H,(H,23,27)(H,25,26)/t18-/m1/s1. The molecule has 1 aliphatic heterocycles. The number of carbonyl (C=O) groups is 2. The number of amides is 2. The van der Waals surface area contributed by atoms with E-state index in [-0.39, 0.29) is 5.56 Å². The number of fused-ring (bicyclic) bond motifs is 1. The van der Waals surface area contributed by atoms with Crippen molar-refractivity contribution < 1.29 is 14.0 Å². The lowest BCUT2D eigenvalue weighted by Gasteiger charge is -2.13. The number of hydrogen-bond donors (Lipinski definition) is 3. The number of benzene rings is 2. The first kappa shape index (κ1) is 16.7. The van der Waals surface area contributed by atoms with Crippen molar-refractivity contribution in [1.82, 2.24) is 10.3 Å². The Kier molecular flexibility index (Phi) is 4.25. The van der Waals surface area contributed by atoms with Gasteiger partial charge in [-0.1, -0.05) is 30.3 Å². The zero-order valence-electron chi connectivity index (χ0n) is 14.1. The minimum atomic E-state index is -1.21. The fraction of sp³-hybridized carbons (Fsp3) is 0.0500. The Hall–Kier alpha value is -3.74. The SMILES string of the molecule is O=C(N[C@H]1N=C(c2ccccc2F)c2ccccc2NC1=O)c1ccc[nH]1. The molecule has 0 saturated heterocycles. The van der Waals surface area contributed by atoms with Crippen LogP contribution in [0.4, 0.5) is 10.1 Å². The average molecular weight is 362 g/mol. The number of aromatic nitrogens is 1. The Morgan fingerprint density at radius 2 is 1.74 bits per heavy atom. The highest BCUT2D eigenvalue weighted by molar-refractivity contribution is 6.20. The summed E-state index contributed by atoms with van der Waals surface area (Å²) in [6.45, 7) is 0. The van der Waals surface area contributed by atoms with Crippen molar-refractivity contribution in [1.29, 1.82) is 0 Å². The number of hydrogen-bond acceptors (Lipinski definition) is 3. The molecule has 0 fully saturated rings. The lowest BCUT2D eigenvalue weighted by Crippen LogP contribution is -2.42. The molecule has 0 spiro atoms. The largest absolute Gasteiger partial charge is 0.357 e. The third-order valence-electron chi connectivity index (χ3n) is 4.19. The van der Waals surface area contributed by atoms with Crippen molar-refractivity contribution in [3.63, 3.8) is 0 Å². The smallest absolute Gasteiger partial charge is 0.269 e. The van der Waals surface area contributed by atoms with Gasteiger partial charge in [0, 0.05) is 17.3 Å². The summed E-state index contributed by atoms with van der Waals surface area (Å²) < 4.78 is 14.4. The van der Waals surface area contributed by atoms with E-state index in [1.54, 1.807) is 60.8 Å². The molecule has 1 aliphatic rings. The molecule has 0 bridgehead atoms. The molecule has 2 heterocycles. The van der Waals surface area contributed by atoms with Crippen molar-refractivity contribution >= 4 is 23.2 Å². The summed E-state index contributed by atoms with van der Waals surface area (Å²) >= 11 is 0. The Morgan fingerprint density at radius 1 is 1.00 bits per heavy atom. The van der Waals surface area contributed by atoms with Crippen LogP contribution in [0.2, 0.25) is 0 Å². The maximum Gasteiger partial charge on any atom is 0.269 e. The number of halogens is 1. The van der Waals surface area contributed by atoms with Crippen molar-refractivity contribution in [2.75, 3.05) is 5.32 Å². The molecule has 4 rings (SSSR count). The Labute approximate surface area is 154 Å². The predicted octanol–water partition coefficient (Wildman–Crippen LogP) is 2.70. The number of nitrogens with zero attached hydrogens (tertiary/aromatic N) is 1. The van der Waals surface area contributed by atoms with Gasteiger partial charge in [0.1, 0.15) is 11.5 Å². The van der Waals surface area contributed by atoms with Gasteiger partial charge in [0.05, 0.1) is 11.4 Å². The van der Waals surface area contributed by atoms with E-state index in [0.29, 0.717) is 22.7 Å². The van der Waals surface area contributed by atoms with E-state index in [0.717, 1.165) is 0 Å². The highest BCUT2D eigenvalue weighted by Gasteiger charge is 2.28. The summed E-state index contributed by atoms with van der Waals surface area (Å²) in [6, 6.07) is 16.4. The van der Waals surface area contributed by atoms with Crippen LogP contribution in [0.25, 0.3) is 0 Å². The summed E-state index contributed by atoms with van der Waals surface area (Å²) in [5.41, 5.74) is 1.92. The fourth-order valence-electron chi connectivity index (χ4n) is 2.90. The van der Waals surface area contributed by atoms with Crippen LogP contribution in [0.15, 0.2) is 71.9 Å². The Morgan fingerprint density at radius 3 is 2.48 bits per heavy atom. The second-order valence-electron chi connectivity index (χ2n) is 5.95. The highest BCUT2D eigenvalue weighted by Crippen LogP contribution is 2.25. The molecule has 0 unspecified atom stereocenters. The molecule has 2 amide bonds. The topological polar surface area (TPSA) is 86.3 Å². The molecule has 27 heavy (non-hydrogen) atoms. The average Bonchev–Trinajstić information content (AvgIpc) is 3.17. The molecule has 1 atom stereocenters. The Bertz CT molecular complexity index is 1040. The van der Waals surface area contributed by atoms with Crippen molar-refractivity contribution in [3.8, 4) is 0 Å². The molecule has 0 saturated carbocycles. The molecule has 3 N–H and O–H groups in total. The highest BCUT2D eigenvalue weighted by atomic mass is 19.1. The summed E-state index contributed by atoms with van der Waals surface area (Å²) in [4.78, 5) is 32.1. The van der Waals surface area contributed by atoms with Gasteiger partial charge in [-0.25, -0.2) is 9.38 Å². The van der Waals surface area contributed by atoms with Gasteiger partial charge in [0.15, 0.2) is 0 Å². The molecule has 7 heteroatoms. The van der Waals surface area contributed by atoms with Crippen LogP contribution in [0.1, 0.15) is 21.6 Å². The minimum absolute atomic E-state index is 0.251. The molecule has 0 aliphatic carbocycles. The normalized spacial score (nSPS) is 16.0. The number of carbonyl (C=O) groups excluding carboxylic acids is 2. The fourth-order valence-corrected chi connectivity index (χ4v) is 2.90. The van der Waals surface area contributed by atoms with Crippen LogP contribution in [-0.2, 0) is 4.79 Å². The van der Waals surface area contributed by atoms with Gasteiger partial charge in [0.25, 0.3) is 11.8 Å². The number of aliphatic imine (C=N–C) groups is 1. The van der Waals surface area contributed by atoms with Gasteiger partial charge in [0.2, 0.25) is 6.17 Å². The summed E-state index contributed by atoms with van der Waals surface area (Å²) in [5.74, 6) is -1.45. The van der Waals surface area contributed by atoms with Gasteiger partial charge < -0.3 is 15.6 Å². The molecule has 1 aromatic heterocycles. The van der Waals surface area contributed by atoms with E-state index in [9.17, 15) is 14.0 Å². The van der Waals surface area contributed by atoms with Gasteiger partial charge in [-0.3, -0.25) is 9.59 Å². The van der Waals surface area contributed by atoms with Crippen LogP contribution >= 0.6 is 0 Å². The summed E-state index contributed by atoms with van der Waals surface area (Å²) in [7, 11) is 0. The molecular formula is C20H15FN4O2. The number of para-hydroxylation sites is 1. The first-order chi connectivity index (χ1) is 13.1. The number of rotatable bonds is 3. The molecule has 2 aromatic carbocycles. The molecular weight excluding hydrogens is 347 g/mol. The van der Waals surface area contributed by atoms with E-state index >= 15 is 0 Å². The van der Waals surface area contributed by atoms with Gasteiger partial charge in [-0.15, -0.1) is 0 Å². The summed E-state index contributed by atoms with van der Waals surface area (Å²) in [6.07, 6.45) is 0.397. The lowest BCUT2D eigenvalue weighted by molar-refractivity contribution is -0.117. The van der Waals surface area contributed by atoms with Gasteiger partial charge >= 0.3 is 0 Å². The molecule has 0 radical (unpaired) electrons. The van der Waals surface area contributed by atoms with Crippen LogP contribution < -0.4 is 10.6 Å². The number of nitrogens with one attached hydrogen (secondary N) is 3. The van der Waals surface area contributed by atoms with E-state index in [1.165, 1.54) is 6.07 Å². The van der Waals surface area contributed by atoms with Gasteiger partial charge in [-0.2, -0.15) is 0 Å². The molecule has 6 nitrogen and oxygen atoms in total. The predicted molar refractivity (Wildman–Crippen MR) is 99.2 cm³/mol. The zero-order valence-corrected chi connectivity index (χ0v) is 14.1. The second kappa shape index (κ2) is 6.87. The number of H-pyrrole nitrogens is 1. The van der Waals surface area contributed by atoms with Crippen LogP contribution in [0, 0.1) is 5.82 Å². The quantitative estimate of drug-likeness (QED) is 0.669. The first-order valence-electron chi connectivity index (χ1n) is 8.31. The van der Waals surface area contributed by atoms with E-state index < -0.39 is 23.8 Å². The van der Waals surface area contributed by atoms with Crippen LogP contribution in [-0.4, -0.2) is 28.7 Å². The van der Waals surface area contributed by atoms with E-state index in [4.69, 9.17) is 0 Å². The molecule has 134 valence electrons. The van der Waals surface area contributed by atoms with E-state index in [2.05, 4.69) is 20.6 Å². The summed E-state index contributed by atoms with van der Waals surface area (Å²) in [5, 5.41) is 5.31. The number of anilines is 1. The van der Waals surface area contributed by atoms with Crippen LogP contribution in [0.5, 0.6) is 0 Å². The zero-order chi connectivity index (χ0) is 18.8. The Balaban J connectivity index is 1.79. The first-order valence-corrected chi connectivity index (χ1v) is 8.31. The minimum Gasteiger partial charge on any atom is -0.357 e. The third-order valence-corrected chi connectivity index (χ3v) is 4.19. The maximum absolute atomic E-state index is 14.4. The van der Waals surface area contributed by atoms with Gasteiger partial charge in [-0.05, 0) is 30.3 Å². The third kappa shape index (κ3) is 3.22. The molecule has 3 aromatic rings. The lowest BCUT2D eigenvalue weighted by atomic mass is 10.0. The van der Waals surface area contributed by atoms with Crippen molar-refractivity contribution in [3.05, 3.63) is 89.5 Å².